The summed E-state index contributed by atoms with van der Waals surface area (Å²) < 4.78 is 5.57. The van der Waals surface area contributed by atoms with Crippen LogP contribution in [0.4, 0.5) is 0 Å². The van der Waals surface area contributed by atoms with E-state index >= 15 is 0 Å². The highest BCUT2D eigenvalue weighted by Gasteiger charge is 2.13. The fourth-order valence-electron chi connectivity index (χ4n) is 2.32. The maximum Gasteiger partial charge on any atom is 0.119 e. The molecule has 17 heavy (non-hydrogen) atoms. The van der Waals surface area contributed by atoms with Crippen LogP contribution in [-0.4, -0.2) is 12.6 Å². The summed E-state index contributed by atoms with van der Waals surface area (Å²) in [6, 6.07) is 9.20. The molecule has 1 aliphatic carbocycles. The lowest BCUT2D eigenvalue weighted by Crippen LogP contribution is -2.25. The van der Waals surface area contributed by atoms with Gasteiger partial charge in [0.2, 0.25) is 0 Å². The van der Waals surface area contributed by atoms with Crippen LogP contribution in [-0.2, 0) is 6.54 Å². The van der Waals surface area contributed by atoms with E-state index in [1.54, 1.807) is 0 Å². The van der Waals surface area contributed by atoms with Gasteiger partial charge in [-0.1, -0.05) is 31.9 Å². The van der Waals surface area contributed by atoms with E-state index in [-0.39, 0.29) is 0 Å². The number of rotatable bonds is 6. The molecule has 1 saturated carbocycles. The third kappa shape index (κ3) is 4.04. The molecule has 2 nitrogen and oxygen atoms in total. The molecule has 0 saturated heterocycles. The van der Waals surface area contributed by atoms with Crippen LogP contribution in [0.5, 0.6) is 5.75 Å². The van der Waals surface area contributed by atoms with E-state index in [9.17, 15) is 0 Å². The van der Waals surface area contributed by atoms with Crippen LogP contribution in [0.3, 0.4) is 0 Å². The zero-order valence-electron chi connectivity index (χ0n) is 10.7. The van der Waals surface area contributed by atoms with Gasteiger partial charge in [0, 0.05) is 12.6 Å². The summed E-state index contributed by atoms with van der Waals surface area (Å²) in [6.07, 6.45) is 6.53. The SMILES string of the molecule is CCCOc1ccc(CNC2CCCC2)cc1. The first-order chi connectivity index (χ1) is 8.38. The summed E-state index contributed by atoms with van der Waals surface area (Å²) in [5.41, 5.74) is 1.35. The van der Waals surface area contributed by atoms with Crippen molar-refractivity contribution in [2.75, 3.05) is 6.61 Å². The van der Waals surface area contributed by atoms with Crippen LogP contribution in [0.2, 0.25) is 0 Å². The van der Waals surface area contributed by atoms with Crippen molar-refractivity contribution in [3.05, 3.63) is 29.8 Å². The Morgan fingerprint density at radius 3 is 2.53 bits per heavy atom. The van der Waals surface area contributed by atoms with Crippen molar-refractivity contribution in [2.24, 2.45) is 0 Å². The van der Waals surface area contributed by atoms with Gasteiger partial charge in [0.15, 0.2) is 0 Å². The molecule has 0 aromatic heterocycles. The highest BCUT2D eigenvalue weighted by atomic mass is 16.5. The van der Waals surface area contributed by atoms with Crippen molar-refractivity contribution in [3.63, 3.8) is 0 Å². The summed E-state index contributed by atoms with van der Waals surface area (Å²) in [4.78, 5) is 0. The van der Waals surface area contributed by atoms with Gasteiger partial charge in [0.25, 0.3) is 0 Å². The van der Waals surface area contributed by atoms with E-state index in [1.165, 1.54) is 31.2 Å². The van der Waals surface area contributed by atoms with Gasteiger partial charge in [0.1, 0.15) is 5.75 Å². The molecule has 0 amide bonds. The Kier molecular flexibility index (Phi) is 4.87. The Labute approximate surface area is 104 Å². The molecule has 1 aromatic carbocycles. The minimum Gasteiger partial charge on any atom is -0.494 e. The van der Waals surface area contributed by atoms with E-state index in [2.05, 4.69) is 36.5 Å². The highest BCUT2D eigenvalue weighted by molar-refractivity contribution is 5.27. The molecule has 0 radical (unpaired) electrons. The van der Waals surface area contributed by atoms with Gasteiger partial charge in [-0.3, -0.25) is 0 Å². The monoisotopic (exact) mass is 233 g/mol. The van der Waals surface area contributed by atoms with Crippen LogP contribution in [0.25, 0.3) is 0 Å². The molecule has 0 atom stereocenters. The number of benzene rings is 1. The second kappa shape index (κ2) is 6.65. The van der Waals surface area contributed by atoms with Gasteiger partial charge in [-0.25, -0.2) is 0 Å². The van der Waals surface area contributed by atoms with Gasteiger partial charge in [-0.15, -0.1) is 0 Å². The minimum absolute atomic E-state index is 0.742. The van der Waals surface area contributed by atoms with Gasteiger partial charge in [-0.05, 0) is 37.0 Å². The third-order valence-electron chi connectivity index (χ3n) is 3.35. The molecule has 1 aliphatic rings. The van der Waals surface area contributed by atoms with Gasteiger partial charge in [-0.2, -0.15) is 0 Å². The van der Waals surface area contributed by atoms with E-state index in [1.807, 2.05) is 0 Å². The largest absolute Gasteiger partial charge is 0.494 e. The van der Waals surface area contributed by atoms with E-state index in [4.69, 9.17) is 4.74 Å². The summed E-state index contributed by atoms with van der Waals surface area (Å²) in [6.45, 7) is 3.91. The van der Waals surface area contributed by atoms with Crippen molar-refractivity contribution in [1.82, 2.24) is 5.32 Å². The molecule has 1 fully saturated rings. The summed E-state index contributed by atoms with van der Waals surface area (Å²) in [5.74, 6) is 0.983. The molecule has 0 aliphatic heterocycles. The number of nitrogens with one attached hydrogen (secondary N) is 1. The lowest BCUT2D eigenvalue weighted by atomic mass is 10.2. The Hall–Kier alpha value is -1.02. The first-order valence-electron chi connectivity index (χ1n) is 6.83. The second-order valence-corrected chi connectivity index (χ2v) is 4.85. The van der Waals surface area contributed by atoms with Crippen molar-refractivity contribution < 1.29 is 4.74 Å². The smallest absolute Gasteiger partial charge is 0.119 e. The molecule has 2 heteroatoms. The number of hydrogen-bond acceptors (Lipinski definition) is 2. The van der Waals surface area contributed by atoms with Crippen LogP contribution < -0.4 is 10.1 Å². The first-order valence-corrected chi connectivity index (χ1v) is 6.83. The Morgan fingerprint density at radius 2 is 1.88 bits per heavy atom. The molecule has 94 valence electrons. The molecular formula is C15H23NO. The summed E-state index contributed by atoms with van der Waals surface area (Å²) >= 11 is 0. The van der Waals surface area contributed by atoms with Crippen molar-refractivity contribution in [1.29, 1.82) is 0 Å². The maximum absolute atomic E-state index is 5.57. The zero-order chi connectivity index (χ0) is 11.9. The molecular weight excluding hydrogens is 210 g/mol. The van der Waals surface area contributed by atoms with Gasteiger partial charge in [0.05, 0.1) is 6.61 Å². The molecule has 0 bridgehead atoms. The average Bonchev–Trinajstić information content (AvgIpc) is 2.88. The van der Waals surface area contributed by atoms with E-state index in [0.29, 0.717) is 0 Å². The summed E-state index contributed by atoms with van der Waals surface area (Å²) in [7, 11) is 0. The molecule has 0 unspecified atom stereocenters. The van der Waals surface area contributed by atoms with E-state index < -0.39 is 0 Å². The van der Waals surface area contributed by atoms with Crippen LogP contribution in [0.15, 0.2) is 24.3 Å². The predicted molar refractivity (Wildman–Crippen MR) is 71.3 cm³/mol. The van der Waals surface area contributed by atoms with Crippen molar-refractivity contribution in [2.45, 2.75) is 51.6 Å². The molecule has 1 aromatic rings. The fraction of sp³-hybridized carbons (Fsp3) is 0.600. The Balaban J connectivity index is 1.76. The second-order valence-electron chi connectivity index (χ2n) is 4.85. The quantitative estimate of drug-likeness (QED) is 0.812. The lowest BCUT2D eigenvalue weighted by molar-refractivity contribution is 0.317. The maximum atomic E-state index is 5.57. The molecule has 0 heterocycles. The zero-order valence-corrected chi connectivity index (χ0v) is 10.7. The predicted octanol–water partition coefficient (Wildman–Crippen LogP) is 3.51. The van der Waals surface area contributed by atoms with Gasteiger partial charge >= 0.3 is 0 Å². The topological polar surface area (TPSA) is 21.3 Å². The van der Waals surface area contributed by atoms with Crippen LogP contribution in [0, 0.1) is 0 Å². The summed E-state index contributed by atoms with van der Waals surface area (Å²) in [5, 5.41) is 3.62. The number of ether oxygens (including phenoxy) is 1. The van der Waals surface area contributed by atoms with Crippen LogP contribution in [0.1, 0.15) is 44.6 Å². The Bertz CT molecular complexity index is 314. The minimum atomic E-state index is 0.742. The normalized spacial score (nSPS) is 16.3. The molecule has 2 rings (SSSR count). The van der Waals surface area contributed by atoms with Crippen LogP contribution >= 0.6 is 0 Å². The van der Waals surface area contributed by atoms with Gasteiger partial charge < -0.3 is 10.1 Å². The third-order valence-corrected chi connectivity index (χ3v) is 3.35. The molecule has 0 spiro atoms. The average molecular weight is 233 g/mol. The highest BCUT2D eigenvalue weighted by Crippen LogP contribution is 2.18. The fourth-order valence-corrected chi connectivity index (χ4v) is 2.32. The van der Waals surface area contributed by atoms with E-state index in [0.717, 1.165) is 31.4 Å². The first kappa shape index (κ1) is 12.4. The van der Waals surface area contributed by atoms with Crippen molar-refractivity contribution in [3.8, 4) is 5.75 Å². The van der Waals surface area contributed by atoms with Crippen molar-refractivity contribution >= 4 is 0 Å². The Morgan fingerprint density at radius 1 is 1.18 bits per heavy atom. The lowest BCUT2D eigenvalue weighted by Gasteiger charge is -2.12. The molecule has 1 N–H and O–H groups in total. The number of hydrogen-bond donors (Lipinski definition) is 1. The standard InChI is InChI=1S/C15H23NO/c1-2-11-17-15-9-7-13(8-10-15)12-16-14-5-3-4-6-14/h7-10,14,16H,2-6,11-12H2,1H3.